The Balaban J connectivity index is 3.56. The fourth-order valence-electron chi connectivity index (χ4n) is 0.101. The first-order valence-corrected chi connectivity index (χ1v) is 1.73. The maximum absolute atomic E-state index is 9.50. The lowest BCUT2D eigenvalue weighted by molar-refractivity contribution is 0.545. The maximum atomic E-state index is 9.50. The normalized spacial score (nSPS) is 11.6. The first-order valence-electron chi connectivity index (χ1n) is 1.73. The molecule has 0 bridgehead atoms. The average molecular weight is 98.1 g/mol. The third-order valence-corrected chi connectivity index (χ3v) is 0.395. The third kappa shape index (κ3) is 2.79. The van der Waals surface area contributed by atoms with Gasteiger partial charge in [0.25, 0.3) is 0 Å². The molecule has 0 aliphatic carbocycles. The van der Waals surface area contributed by atoms with Gasteiger partial charge in [0.15, 0.2) is 0 Å². The van der Waals surface area contributed by atoms with E-state index < -0.39 is 6.04 Å². The quantitative estimate of drug-likeness (QED) is 0.286. The minimum absolute atomic E-state index is 0.648. The van der Waals surface area contributed by atoms with E-state index in [0.29, 0.717) is 0 Å². The second-order valence-electron chi connectivity index (χ2n) is 0.999. The molecule has 0 aromatic carbocycles. The zero-order valence-corrected chi connectivity index (χ0v) is 3.83. The van der Waals surface area contributed by atoms with Gasteiger partial charge in [0.1, 0.15) is 6.04 Å². The lowest BCUT2D eigenvalue weighted by Gasteiger charge is -1.79. The number of hydrogen-bond donors (Lipinski definition) is 0. The maximum Gasteiger partial charge on any atom is 0.207 e. The summed E-state index contributed by atoms with van der Waals surface area (Å²) in [6.45, 7) is 1.46. The predicted molar refractivity (Wildman–Crippen MR) is 24.3 cm³/mol. The van der Waals surface area contributed by atoms with Crippen LogP contribution in [0.15, 0.2) is 5.11 Å². The van der Waals surface area contributed by atoms with Crippen LogP contribution in [-0.4, -0.2) is 12.3 Å². The SMILES string of the molecule is CC([C]=O)N=[N+]=[N-]. The Hall–Kier alpha value is -1.02. The molecule has 0 saturated carbocycles. The molecule has 37 valence electrons. The van der Waals surface area contributed by atoms with E-state index in [1.54, 1.807) is 0 Å². The minimum Gasteiger partial charge on any atom is -0.290 e. The van der Waals surface area contributed by atoms with Crippen LogP contribution in [0.2, 0.25) is 0 Å². The largest absolute Gasteiger partial charge is 0.290 e. The van der Waals surface area contributed by atoms with Gasteiger partial charge in [-0.2, -0.15) is 0 Å². The van der Waals surface area contributed by atoms with Gasteiger partial charge in [0.05, 0.1) is 0 Å². The van der Waals surface area contributed by atoms with Crippen molar-refractivity contribution in [2.75, 3.05) is 0 Å². The van der Waals surface area contributed by atoms with E-state index in [9.17, 15) is 4.79 Å². The molecule has 4 nitrogen and oxygen atoms in total. The number of carbonyl (C=O) groups excluding carboxylic acids is 1. The highest BCUT2D eigenvalue weighted by Crippen LogP contribution is 1.80. The van der Waals surface area contributed by atoms with E-state index >= 15 is 0 Å². The van der Waals surface area contributed by atoms with Crippen LogP contribution in [0.5, 0.6) is 0 Å². The van der Waals surface area contributed by atoms with Gasteiger partial charge < -0.3 is 0 Å². The summed E-state index contributed by atoms with van der Waals surface area (Å²) in [6.07, 6.45) is 1.50. The van der Waals surface area contributed by atoms with Gasteiger partial charge in [-0.15, -0.1) is 0 Å². The van der Waals surface area contributed by atoms with Crippen LogP contribution in [0.4, 0.5) is 0 Å². The highest BCUT2D eigenvalue weighted by atomic mass is 16.1. The van der Waals surface area contributed by atoms with Gasteiger partial charge in [-0.25, -0.2) is 0 Å². The van der Waals surface area contributed by atoms with E-state index in [0.717, 1.165) is 0 Å². The molecule has 0 saturated heterocycles. The van der Waals surface area contributed by atoms with Gasteiger partial charge >= 0.3 is 0 Å². The lowest BCUT2D eigenvalue weighted by atomic mass is 10.4. The Morgan fingerprint density at radius 3 is 2.71 bits per heavy atom. The zero-order chi connectivity index (χ0) is 5.70. The van der Waals surface area contributed by atoms with E-state index in [1.807, 2.05) is 0 Å². The summed E-state index contributed by atoms with van der Waals surface area (Å²) in [6, 6.07) is -0.648. The molecule has 0 heterocycles. The van der Waals surface area contributed by atoms with Gasteiger partial charge in [0, 0.05) is 4.91 Å². The molecule has 4 heteroatoms. The molecule has 1 unspecified atom stereocenters. The molecule has 0 aromatic heterocycles. The lowest BCUT2D eigenvalue weighted by Crippen LogP contribution is -1.94. The van der Waals surface area contributed by atoms with Crippen LogP contribution >= 0.6 is 0 Å². The monoisotopic (exact) mass is 98.0 g/mol. The second-order valence-corrected chi connectivity index (χ2v) is 0.999. The Labute approximate surface area is 40.8 Å². The number of rotatable bonds is 2. The fourth-order valence-corrected chi connectivity index (χ4v) is 0.101. The molecule has 1 atom stereocenters. The van der Waals surface area contributed by atoms with Crippen LogP contribution < -0.4 is 0 Å². The Morgan fingerprint density at radius 1 is 2.00 bits per heavy atom. The molecule has 0 spiro atoms. The third-order valence-electron chi connectivity index (χ3n) is 0.395. The molecule has 0 aliphatic heterocycles. The number of azide groups is 1. The van der Waals surface area contributed by atoms with E-state index in [1.165, 1.54) is 13.2 Å². The summed E-state index contributed by atoms with van der Waals surface area (Å²) >= 11 is 0. The topological polar surface area (TPSA) is 65.8 Å². The fraction of sp³-hybridized carbons (Fsp3) is 0.667. The summed E-state index contributed by atoms with van der Waals surface area (Å²) in [5.41, 5.74) is 7.65. The van der Waals surface area contributed by atoms with Crippen molar-refractivity contribution in [2.24, 2.45) is 5.11 Å². The van der Waals surface area contributed by atoms with Crippen molar-refractivity contribution in [1.82, 2.24) is 0 Å². The van der Waals surface area contributed by atoms with Crippen molar-refractivity contribution in [3.8, 4) is 0 Å². The summed E-state index contributed by atoms with van der Waals surface area (Å²) in [7, 11) is 0. The molecule has 0 amide bonds. The van der Waals surface area contributed by atoms with Crippen LogP contribution in [0.25, 0.3) is 10.4 Å². The van der Waals surface area contributed by atoms with Crippen LogP contribution in [0.1, 0.15) is 6.92 Å². The first-order chi connectivity index (χ1) is 3.31. The molecule has 0 aliphatic rings. The van der Waals surface area contributed by atoms with Crippen molar-refractivity contribution in [2.45, 2.75) is 13.0 Å². The molecule has 1 radical (unpaired) electrons. The van der Waals surface area contributed by atoms with Gasteiger partial charge in [-0.1, -0.05) is 5.11 Å². The van der Waals surface area contributed by atoms with Crippen molar-refractivity contribution in [1.29, 1.82) is 0 Å². The predicted octanol–water partition coefficient (Wildman–Crippen LogP) is 0.795. The Morgan fingerprint density at radius 2 is 2.57 bits per heavy atom. The Kier molecular flexibility index (Phi) is 2.72. The van der Waals surface area contributed by atoms with Gasteiger partial charge in [0.2, 0.25) is 6.29 Å². The molecule has 7 heavy (non-hydrogen) atoms. The molecular weight excluding hydrogens is 94.1 g/mol. The van der Waals surface area contributed by atoms with Crippen molar-refractivity contribution in [3.63, 3.8) is 0 Å². The molecule has 0 aromatic rings. The van der Waals surface area contributed by atoms with Gasteiger partial charge in [-0.3, -0.25) is 4.79 Å². The van der Waals surface area contributed by atoms with Crippen molar-refractivity contribution >= 4 is 6.29 Å². The molecule has 0 rings (SSSR count). The summed E-state index contributed by atoms with van der Waals surface area (Å²) in [5.74, 6) is 0. The number of hydrogen-bond acceptors (Lipinski definition) is 2. The van der Waals surface area contributed by atoms with Crippen molar-refractivity contribution < 1.29 is 4.79 Å². The summed E-state index contributed by atoms with van der Waals surface area (Å²) in [4.78, 5) is 11.9. The van der Waals surface area contributed by atoms with Crippen molar-refractivity contribution in [3.05, 3.63) is 10.4 Å². The highest BCUT2D eigenvalue weighted by Gasteiger charge is 1.90. The molecule has 0 fully saturated rings. The van der Waals surface area contributed by atoms with E-state index in [2.05, 4.69) is 10.0 Å². The smallest absolute Gasteiger partial charge is 0.207 e. The van der Waals surface area contributed by atoms with Crippen LogP contribution in [0, 0.1) is 0 Å². The summed E-state index contributed by atoms with van der Waals surface area (Å²) in [5, 5.41) is 3.00. The summed E-state index contributed by atoms with van der Waals surface area (Å²) < 4.78 is 0. The van der Waals surface area contributed by atoms with Crippen LogP contribution in [0.3, 0.4) is 0 Å². The molecular formula is C3H4N3O. The standard InChI is InChI=1S/C3H4N3O/c1-3(2-7)5-6-4/h3H,1H3. The Bertz CT molecular complexity index is 105. The average Bonchev–Trinajstić information content (AvgIpc) is 1.68. The van der Waals surface area contributed by atoms with E-state index in [-0.39, 0.29) is 0 Å². The van der Waals surface area contributed by atoms with Gasteiger partial charge in [-0.05, 0) is 12.5 Å². The second kappa shape index (κ2) is 3.18. The highest BCUT2D eigenvalue weighted by molar-refractivity contribution is 5.57. The zero-order valence-electron chi connectivity index (χ0n) is 3.83. The van der Waals surface area contributed by atoms with Crippen LogP contribution in [-0.2, 0) is 4.79 Å². The van der Waals surface area contributed by atoms with E-state index in [4.69, 9.17) is 5.53 Å². The number of nitrogens with zero attached hydrogens (tertiary/aromatic N) is 3. The first kappa shape index (κ1) is 5.98. The minimum atomic E-state index is -0.648. The molecule has 0 N–H and O–H groups in total.